The Labute approximate surface area is 90.2 Å². The van der Waals surface area contributed by atoms with Crippen molar-refractivity contribution in [1.82, 2.24) is 5.06 Å². The molecule has 0 aromatic rings. The van der Waals surface area contributed by atoms with Crippen molar-refractivity contribution in [1.29, 1.82) is 0 Å². The zero-order valence-electron chi connectivity index (χ0n) is 9.60. The van der Waals surface area contributed by atoms with Gasteiger partial charge in [0.2, 0.25) is 0 Å². The van der Waals surface area contributed by atoms with Crippen LogP contribution in [0.1, 0.15) is 40.5 Å². The van der Waals surface area contributed by atoms with Crippen LogP contribution in [0.3, 0.4) is 0 Å². The summed E-state index contributed by atoms with van der Waals surface area (Å²) in [5, 5.41) is 12.9. The Morgan fingerprint density at radius 2 is 1.53 bits per heavy atom. The monoisotopic (exact) mass is 236 g/mol. The molecule has 0 aliphatic carbocycles. The minimum Gasteiger partial charge on any atom is -0.784 e. The first-order valence-electron chi connectivity index (χ1n) is 4.99. The van der Waals surface area contributed by atoms with Crippen molar-refractivity contribution in [3.63, 3.8) is 0 Å². The van der Waals surface area contributed by atoms with Gasteiger partial charge in [-0.05, 0) is 40.5 Å². The second-order valence-electron chi connectivity index (χ2n) is 5.57. The van der Waals surface area contributed by atoms with Gasteiger partial charge in [0.05, 0.1) is 5.66 Å². The Balaban J connectivity index is 2.99. The van der Waals surface area contributed by atoms with Crippen LogP contribution in [0, 0.1) is 5.21 Å². The smallest absolute Gasteiger partial charge is 0.328 e. The summed E-state index contributed by atoms with van der Waals surface area (Å²) in [4.78, 5) is 18.4. The fourth-order valence-electron chi connectivity index (χ4n) is 2.45. The predicted octanol–water partition coefficient (Wildman–Crippen LogP) is 1.68. The second-order valence-corrected chi connectivity index (χ2v) is 7.48. The maximum atomic E-state index is 11.9. The minimum atomic E-state index is -4.09. The molecular formula is C9H19NO4P-. The van der Waals surface area contributed by atoms with Crippen LogP contribution in [-0.2, 0) is 4.57 Å². The van der Waals surface area contributed by atoms with E-state index >= 15 is 0 Å². The summed E-state index contributed by atoms with van der Waals surface area (Å²) < 4.78 is 11.2. The molecule has 1 saturated heterocycles. The summed E-state index contributed by atoms with van der Waals surface area (Å²) in [5.74, 6) is 0. The first-order valence-corrected chi connectivity index (χ1v) is 6.68. The van der Waals surface area contributed by atoms with Gasteiger partial charge in [0.15, 0.2) is 0 Å². The molecule has 0 aromatic carbocycles. The molecule has 6 heteroatoms. The van der Waals surface area contributed by atoms with Crippen LogP contribution in [0.4, 0.5) is 0 Å². The lowest BCUT2D eigenvalue weighted by Gasteiger charge is -2.59. The SMILES string of the molecule is CC1(C)CC(P(=O)(O)O)CC(C)(C)N1[O-]. The zero-order valence-corrected chi connectivity index (χ0v) is 10.5. The van der Waals surface area contributed by atoms with Crippen LogP contribution in [0.5, 0.6) is 0 Å². The molecule has 0 amide bonds. The topological polar surface area (TPSA) is 83.8 Å². The molecule has 0 saturated carbocycles. The summed E-state index contributed by atoms with van der Waals surface area (Å²) in [5.41, 5.74) is -2.13. The average molecular weight is 236 g/mol. The summed E-state index contributed by atoms with van der Waals surface area (Å²) in [7, 11) is -4.09. The van der Waals surface area contributed by atoms with E-state index in [1.165, 1.54) is 0 Å². The Morgan fingerprint density at radius 3 is 1.80 bits per heavy atom. The maximum absolute atomic E-state index is 11.9. The molecule has 2 N–H and O–H groups in total. The highest BCUT2D eigenvalue weighted by Crippen LogP contribution is 2.53. The van der Waals surface area contributed by atoms with E-state index < -0.39 is 24.3 Å². The molecule has 5 nitrogen and oxygen atoms in total. The molecule has 15 heavy (non-hydrogen) atoms. The fraction of sp³-hybridized carbons (Fsp3) is 1.00. The standard InChI is InChI=1S/C9H19NO4P/c1-8(2)5-7(15(12,13)14)6-9(3,4)10(8)11/h7H,5-6H2,1-4H3,(H2,12,13,14)/q-1. The summed E-state index contributed by atoms with van der Waals surface area (Å²) in [6.07, 6.45) is 0.481. The quantitative estimate of drug-likeness (QED) is 0.677. The Kier molecular flexibility index (Phi) is 3.10. The fourth-order valence-corrected chi connectivity index (χ4v) is 3.82. The van der Waals surface area contributed by atoms with Crippen LogP contribution in [0.15, 0.2) is 0 Å². The van der Waals surface area contributed by atoms with Crippen molar-refractivity contribution < 1.29 is 14.4 Å². The highest BCUT2D eigenvalue weighted by Gasteiger charge is 2.46. The van der Waals surface area contributed by atoms with Gasteiger partial charge in [-0.1, -0.05) is 0 Å². The van der Waals surface area contributed by atoms with Gasteiger partial charge in [0, 0.05) is 11.1 Å². The molecule has 1 heterocycles. The van der Waals surface area contributed by atoms with Gasteiger partial charge in [-0.3, -0.25) is 4.57 Å². The van der Waals surface area contributed by atoms with E-state index in [0.29, 0.717) is 0 Å². The molecule has 0 spiro atoms. The number of hydrogen-bond donors (Lipinski definition) is 2. The third-order valence-electron chi connectivity index (χ3n) is 3.05. The first-order chi connectivity index (χ1) is 6.47. The van der Waals surface area contributed by atoms with Gasteiger partial charge >= 0.3 is 7.60 Å². The van der Waals surface area contributed by atoms with E-state index in [9.17, 15) is 19.6 Å². The highest BCUT2D eigenvalue weighted by molar-refractivity contribution is 7.52. The maximum Gasteiger partial charge on any atom is 0.328 e. The summed E-state index contributed by atoms with van der Waals surface area (Å²) in [6, 6.07) is 0. The lowest BCUT2D eigenvalue weighted by atomic mass is 9.82. The Bertz CT molecular complexity index is 278. The van der Waals surface area contributed by atoms with E-state index in [-0.39, 0.29) is 12.8 Å². The average Bonchev–Trinajstić information content (AvgIpc) is 1.97. The van der Waals surface area contributed by atoms with Crippen molar-refractivity contribution in [3.05, 3.63) is 5.21 Å². The lowest BCUT2D eigenvalue weighted by molar-refractivity contribution is 0.0174. The Hall–Kier alpha value is 0.0700. The van der Waals surface area contributed by atoms with Crippen molar-refractivity contribution in [2.75, 3.05) is 0 Å². The van der Waals surface area contributed by atoms with E-state index in [1.807, 2.05) is 0 Å². The first kappa shape index (κ1) is 13.1. The third kappa shape index (κ3) is 2.60. The van der Waals surface area contributed by atoms with Crippen molar-refractivity contribution in [3.8, 4) is 0 Å². The van der Waals surface area contributed by atoms with Gasteiger partial charge in [-0.2, -0.15) is 0 Å². The van der Waals surface area contributed by atoms with Crippen LogP contribution in [0.2, 0.25) is 0 Å². The van der Waals surface area contributed by atoms with E-state index in [2.05, 4.69) is 0 Å². The van der Waals surface area contributed by atoms with Crippen molar-refractivity contribution in [2.45, 2.75) is 57.3 Å². The van der Waals surface area contributed by atoms with Crippen molar-refractivity contribution >= 4 is 7.60 Å². The molecule has 0 unspecified atom stereocenters. The molecule has 0 radical (unpaired) electrons. The van der Waals surface area contributed by atoms with Crippen LogP contribution in [-0.4, -0.2) is 31.6 Å². The number of hydroxylamine groups is 2. The van der Waals surface area contributed by atoms with Crippen LogP contribution in [0.25, 0.3) is 0 Å². The van der Waals surface area contributed by atoms with Gasteiger partial charge in [0.25, 0.3) is 0 Å². The summed E-state index contributed by atoms with van der Waals surface area (Å²) >= 11 is 0. The van der Waals surface area contributed by atoms with E-state index in [4.69, 9.17) is 0 Å². The molecule has 0 atom stereocenters. The molecule has 1 fully saturated rings. The number of piperidine rings is 1. The van der Waals surface area contributed by atoms with Gasteiger partial charge in [-0.15, -0.1) is 0 Å². The third-order valence-corrected chi connectivity index (χ3v) is 4.36. The number of rotatable bonds is 1. The van der Waals surface area contributed by atoms with Crippen LogP contribution < -0.4 is 0 Å². The number of hydrogen-bond acceptors (Lipinski definition) is 3. The van der Waals surface area contributed by atoms with Gasteiger partial charge in [-0.25, -0.2) is 0 Å². The number of nitrogens with zero attached hydrogens (tertiary/aromatic N) is 1. The predicted molar refractivity (Wildman–Crippen MR) is 58.4 cm³/mol. The molecule has 1 aliphatic heterocycles. The molecule has 0 aromatic heterocycles. The van der Waals surface area contributed by atoms with Gasteiger partial charge < -0.3 is 20.1 Å². The van der Waals surface area contributed by atoms with Crippen LogP contribution >= 0.6 is 7.60 Å². The molecular weight excluding hydrogens is 217 g/mol. The van der Waals surface area contributed by atoms with E-state index in [1.54, 1.807) is 27.7 Å². The molecule has 1 aliphatic rings. The minimum absolute atomic E-state index is 0.240. The van der Waals surface area contributed by atoms with Gasteiger partial charge in [0.1, 0.15) is 0 Å². The molecule has 90 valence electrons. The molecule has 1 rings (SSSR count). The van der Waals surface area contributed by atoms with E-state index in [0.717, 1.165) is 5.06 Å². The lowest BCUT2D eigenvalue weighted by Crippen LogP contribution is -2.58. The van der Waals surface area contributed by atoms with Crippen molar-refractivity contribution in [2.24, 2.45) is 0 Å². The summed E-state index contributed by atoms with van der Waals surface area (Å²) in [6.45, 7) is 6.90. The normalized spacial score (nSPS) is 27.9. The second kappa shape index (κ2) is 3.54. The Morgan fingerprint density at radius 1 is 1.20 bits per heavy atom. The molecule has 0 bridgehead atoms. The zero-order chi connectivity index (χ0) is 12.1. The highest BCUT2D eigenvalue weighted by atomic mass is 31.2. The largest absolute Gasteiger partial charge is 0.784 e.